The van der Waals surface area contributed by atoms with Gasteiger partial charge in [0, 0.05) is 30.5 Å². The normalized spacial score (nSPS) is 16.7. The fourth-order valence-corrected chi connectivity index (χ4v) is 3.90. The van der Waals surface area contributed by atoms with Crippen molar-refractivity contribution in [1.82, 2.24) is 9.47 Å². The first-order valence-electron chi connectivity index (χ1n) is 9.65. The number of aryl methyl sites for hydroxylation is 1. The maximum Gasteiger partial charge on any atom is 0.416 e. The van der Waals surface area contributed by atoms with Crippen molar-refractivity contribution in [2.45, 2.75) is 25.2 Å². The quantitative estimate of drug-likeness (QED) is 0.594. The summed E-state index contributed by atoms with van der Waals surface area (Å²) in [5.74, 6) is 0.479. The number of alkyl halides is 3. The lowest BCUT2D eigenvalue weighted by molar-refractivity contribution is -0.137. The van der Waals surface area contributed by atoms with E-state index in [4.69, 9.17) is 4.74 Å². The SMILES string of the molecule is COc1ccc(C(=O)N2CCCn3cccc3C2c2ccc(C(F)(F)F)cc2)cc1. The Kier molecular flexibility index (Phi) is 5.28. The fourth-order valence-electron chi connectivity index (χ4n) is 3.90. The van der Waals surface area contributed by atoms with Crippen molar-refractivity contribution < 1.29 is 22.7 Å². The predicted octanol–water partition coefficient (Wildman–Crippen LogP) is 5.15. The number of fused-ring (bicyclic) bond motifs is 1. The van der Waals surface area contributed by atoms with Crippen LogP contribution in [0.25, 0.3) is 0 Å². The lowest BCUT2D eigenvalue weighted by Crippen LogP contribution is -2.35. The number of nitrogens with zero attached hydrogens (tertiary/aromatic N) is 2. The molecule has 30 heavy (non-hydrogen) atoms. The van der Waals surface area contributed by atoms with E-state index in [0.717, 1.165) is 30.8 Å². The molecule has 0 saturated carbocycles. The number of hydrogen-bond donors (Lipinski definition) is 0. The summed E-state index contributed by atoms with van der Waals surface area (Å²) in [6, 6.07) is 15.3. The van der Waals surface area contributed by atoms with Crippen molar-refractivity contribution in [2.75, 3.05) is 13.7 Å². The molecule has 0 N–H and O–H groups in total. The van der Waals surface area contributed by atoms with Crippen LogP contribution < -0.4 is 4.74 Å². The lowest BCUT2D eigenvalue weighted by atomic mass is 9.99. The molecule has 0 aliphatic carbocycles. The molecular formula is C23H21F3N2O2. The predicted molar refractivity (Wildman–Crippen MR) is 106 cm³/mol. The third-order valence-electron chi connectivity index (χ3n) is 5.41. The second-order valence-electron chi connectivity index (χ2n) is 7.23. The number of aromatic nitrogens is 1. The van der Waals surface area contributed by atoms with Gasteiger partial charge in [-0.05, 0) is 60.5 Å². The van der Waals surface area contributed by atoms with Gasteiger partial charge in [0.25, 0.3) is 5.91 Å². The average Bonchev–Trinajstić information content (AvgIpc) is 3.12. The summed E-state index contributed by atoms with van der Waals surface area (Å²) in [6.45, 7) is 1.24. The van der Waals surface area contributed by atoms with Crippen LogP contribution in [0.3, 0.4) is 0 Å². The van der Waals surface area contributed by atoms with Crippen LogP contribution in [0.4, 0.5) is 13.2 Å². The lowest BCUT2D eigenvalue weighted by Gasteiger charge is -2.31. The van der Waals surface area contributed by atoms with E-state index in [2.05, 4.69) is 4.57 Å². The second-order valence-corrected chi connectivity index (χ2v) is 7.23. The summed E-state index contributed by atoms with van der Waals surface area (Å²) in [6.07, 6.45) is -1.71. The maximum absolute atomic E-state index is 13.4. The summed E-state index contributed by atoms with van der Waals surface area (Å²) >= 11 is 0. The summed E-state index contributed by atoms with van der Waals surface area (Å²) < 4.78 is 46.3. The van der Waals surface area contributed by atoms with Crippen LogP contribution >= 0.6 is 0 Å². The zero-order valence-corrected chi connectivity index (χ0v) is 16.4. The van der Waals surface area contributed by atoms with Crippen LogP contribution in [0.15, 0.2) is 66.9 Å². The van der Waals surface area contributed by atoms with Crippen molar-refractivity contribution in [3.63, 3.8) is 0 Å². The van der Waals surface area contributed by atoms with E-state index in [9.17, 15) is 18.0 Å². The van der Waals surface area contributed by atoms with E-state index >= 15 is 0 Å². The number of methoxy groups -OCH3 is 1. The van der Waals surface area contributed by atoms with Gasteiger partial charge in [0.1, 0.15) is 5.75 Å². The van der Waals surface area contributed by atoms with Gasteiger partial charge in [-0.2, -0.15) is 13.2 Å². The summed E-state index contributed by atoms with van der Waals surface area (Å²) in [5.41, 5.74) is 1.33. The van der Waals surface area contributed by atoms with E-state index in [1.807, 2.05) is 18.3 Å². The number of ether oxygens (including phenoxy) is 1. The Balaban J connectivity index is 1.75. The van der Waals surface area contributed by atoms with Gasteiger partial charge in [-0.3, -0.25) is 4.79 Å². The van der Waals surface area contributed by atoms with Crippen molar-refractivity contribution in [1.29, 1.82) is 0 Å². The monoisotopic (exact) mass is 414 g/mol. The van der Waals surface area contributed by atoms with E-state index in [1.165, 1.54) is 12.1 Å². The summed E-state index contributed by atoms with van der Waals surface area (Å²) in [4.78, 5) is 15.1. The van der Waals surface area contributed by atoms with Crippen molar-refractivity contribution in [2.24, 2.45) is 0 Å². The molecule has 7 heteroatoms. The number of hydrogen-bond acceptors (Lipinski definition) is 2. The Labute approximate surface area is 172 Å². The largest absolute Gasteiger partial charge is 0.497 e. The van der Waals surface area contributed by atoms with Crippen molar-refractivity contribution in [3.05, 3.63) is 89.2 Å². The first-order valence-corrected chi connectivity index (χ1v) is 9.65. The van der Waals surface area contributed by atoms with E-state index in [-0.39, 0.29) is 5.91 Å². The molecule has 4 rings (SSSR count). The summed E-state index contributed by atoms with van der Waals surface area (Å²) in [7, 11) is 1.56. The van der Waals surface area contributed by atoms with E-state index < -0.39 is 17.8 Å². The highest BCUT2D eigenvalue weighted by atomic mass is 19.4. The molecular weight excluding hydrogens is 393 g/mol. The van der Waals surface area contributed by atoms with Crippen LogP contribution in [0.1, 0.15) is 39.6 Å². The van der Waals surface area contributed by atoms with Crippen LogP contribution in [0, 0.1) is 0 Å². The Bertz CT molecular complexity index is 1020. The molecule has 1 amide bonds. The highest BCUT2D eigenvalue weighted by molar-refractivity contribution is 5.95. The maximum atomic E-state index is 13.4. The number of carbonyl (C=O) groups is 1. The number of carbonyl (C=O) groups excluding carboxylic acids is 1. The molecule has 2 heterocycles. The molecule has 4 nitrogen and oxygen atoms in total. The van der Waals surface area contributed by atoms with Gasteiger partial charge in [0.15, 0.2) is 0 Å². The average molecular weight is 414 g/mol. The van der Waals surface area contributed by atoms with Crippen LogP contribution in [-0.4, -0.2) is 29.0 Å². The van der Waals surface area contributed by atoms with Crippen LogP contribution in [0.2, 0.25) is 0 Å². The minimum atomic E-state index is -4.40. The number of rotatable bonds is 3. The standard InChI is InChI=1S/C23H21F3N2O2/c1-30-19-11-7-17(8-12-19)22(29)28-15-3-14-27-13-2-4-20(27)21(28)16-5-9-18(10-6-16)23(24,25)26/h2,4-13,21H,3,14-15H2,1H3. The molecule has 1 aliphatic rings. The first kappa shape index (κ1) is 20.1. The molecule has 1 unspecified atom stereocenters. The Morgan fingerprint density at radius 3 is 2.33 bits per heavy atom. The molecule has 1 aromatic heterocycles. The molecule has 0 radical (unpaired) electrons. The minimum Gasteiger partial charge on any atom is -0.497 e. The Morgan fingerprint density at radius 2 is 1.70 bits per heavy atom. The second kappa shape index (κ2) is 7.89. The first-order chi connectivity index (χ1) is 14.4. The molecule has 0 bridgehead atoms. The van der Waals surface area contributed by atoms with Crippen molar-refractivity contribution in [3.8, 4) is 5.75 Å². The third kappa shape index (κ3) is 3.79. The van der Waals surface area contributed by atoms with Gasteiger partial charge >= 0.3 is 6.18 Å². The molecule has 0 spiro atoms. The van der Waals surface area contributed by atoms with Gasteiger partial charge in [0.2, 0.25) is 0 Å². The molecule has 2 aromatic carbocycles. The van der Waals surface area contributed by atoms with Gasteiger partial charge in [-0.1, -0.05) is 12.1 Å². The third-order valence-corrected chi connectivity index (χ3v) is 5.41. The fraction of sp³-hybridized carbons (Fsp3) is 0.261. The molecule has 0 fully saturated rings. The minimum absolute atomic E-state index is 0.169. The van der Waals surface area contributed by atoms with Gasteiger partial charge < -0.3 is 14.2 Å². The Hall–Kier alpha value is -3.22. The topological polar surface area (TPSA) is 34.5 Å². The highest BCUT2D eigenvalue weighted by Gasteiger charge is 2.33. The molecule has 0 saturated heterocycles. The van der Waals surface area contributed by atoms with Crippen LogP contribution in [-0.2, 0) is 12.7 Å². The van der Waals surface area contributed by atoms with Crippen molar-refractivity contribution >= 4 is 5.91 Å². The van der Waals surface area contributed by atoms with E-state index in [1.54, 1.807) is 36.3 Å². The molecule has 3 aromatic rings. The van der Waals surface area contributed by atoms with Gasteiger partial charge in [0.05, 0.1) is 18.7 Å². The van der Waals surface area contributed by atoms with Crippen LogP contribution in [0.5, 0.6) is 5.75 Å². The zero-order valence-electron chi connectivity index (χ0n) is 16.4. The highest BCUT2D eigenvalue weighted by Crippen LogP contribution is 2.35. The van der Waals surface area contributed by atoms with Gasteiger partial charge in [-0.25, -0.2) is 0 Å². The summed E-state index contributed by atoms with van der Waals surface area (Å²) in [5, 5.41) is 0. The number of benzene rings is 2. The van der Waals surface area contributed by atoms with E-state index in [0.29, 0.717) is 23.4 Å². The zero-order chi connectivity index (χ0) is 21.3. The molecule has 156 valence electrons. The van der Waals surface area contributed by atoms with Gasteiger partial charge in [-0.15, -0.1) is 0 Å². The molecule has 1 aliphatic heterocycles. The molecule has 1 atom stereocenters. The number of amides is 1. The Morgan fingerprint density at radius 1 is 1.00 bits per heavy atom. The number of halogens is 3. The smallest absolute Gasteiger partial charge is 0.416 e.